The average molecular weight is 343 g/mol. The maximum atomic E-state index is 13.6. The summed E-state index contributed by atoms with van der Waals surface area (Å²) in [5.41, 5.74) is 5.83. The van der Waals surface area contributed by atoms with Gasteiger partial charge in [0.25, 0.3) is 5.65 Å². The summed E-state index contributed by atoms with van der Waals surface area (Å²) in [6, 6.07) is 20.1. The van der Waals surface area contributed by atoms with Crippen molar-refractivity contribution in [2.75, 3.05) is 0 Å². The molecule has 128 valence electrons. The van der Waals surface area contributed by atoms with E-state index in [-0.39, 0.29) is 5.82 Å². The van der Waals surface area contributed by atoms with Crippen molar-refractivity contribution in [1.29, 1.82) is 0 Å². The van der Waals surface area contributed by atoms with E-state index in [2.05, 4.69) is 58.3 Å². The van der Waals surface area contributed by atoms with Crippen LogP contribution in [0.25, 0.3) is 33.0 Å². The van der Waals surface area contributed by atoms with E-state index in [1.165, 1.54) is 35.4 Å². The Morgan fingerprint density at radius 1 is 0.923 bits per heavy atom. The minimum Gasteiger partial charge on any atom is -0.207 e. The third-order valence-electron chi connectivity index (χ3n) is 5.24. The van der Waals surface area contributed by atoms with Gasteiger partial charge in [-0.25, -0.2) is 4.39 Å². The molecular weight excluding hydrogens is 323 g/mol. The molecule has 0 unspecified atom stereocenters. The molecule has 2 nitrogen and oxygen atoms in total. The van der Waals surface area contributed by atoms with Gasteiger partial charge in [0.05, 0.1) is 0 Å². The van der Waals surface area contributed by atoms with Gasteiger partial charge >= 0.3 is 0 Å². The molecule has 0 aliphatic heterocycles. The number of aryl methyl sites for hydroxylation is 1. The molecule has 0 aliphatic carbocycles. The second-order valence-electron chi connectivity index (χ2n) is 6.98. The van der Waals surface area contributed by atoms with Gasteiger partial charge in [-0.1, -0.05) is 19.4 Å². The average Bonchev–Trinajstić information content (AvgIpc) is 3.05. The van der Waals surface area contributed by atoms with Gasteiger partial charge in [-0.3, -0.25) is 0 Å². The lowest BCUT2D eigenvalue weighted by atomic mass is 10.1. The lowest BCUT2D eigenvalue weighted by Crippen LogP contribution is -2.19. The second kappa shape index (κ2) is 5.80. The van der Waals surface area contributed by atoms with Crippen LogP contribution in [0.1, 0.15) is 25.3 Å². The molecule has 0 fully saturated rings. The highest BCUT2D eigenvalue weighted by molar-refractivity contribution is 5.86. The molecule has 0 atom stereocenters. The largest absolute Gasteiger partial charge is 0.292 e. The van der Waals surface area contributed by atoms with Crippen molar-refractivity contribution < 1.29 is 8.79 Å². The monoisotopic (exact) mass is 343 g/mol. The SMILES string of the molecule is CCCCc1ccc2c(ccc3c[n+]4c5ccc(F)cc5ccc4n32)c1. The first kappa shape index (κ1) is 15.3. The lowest BCUT2D eigenvalue weighted by Gasteiger charge is -2.03. The summed E-state index contributed by atoms with van der Waals surface area (Å²) in [7, 11) is 0. The van der Waals surface area contributed by atoms with Gasteiger partial charge in [0.1, 0.15) is 23.0 Å². The van der Waals surface area contributed by atoms with Gasteiger partial charge in [0.15, 0.2) is 5.52 Å². The van der Waals surface area contributed by atoms with E-state index < -0.39 is 0 Å². The third-order valence-corrected chi connectivity index (χ3v) is 5.24. The van der Waals surface area contributed by atoms with Gasteiger partial charge in [0, 0.05) is 16.8 Å². The van der Waals surface area contributed by atoms with Crippen molar-refractivity contribution >= 4 is 33.0 Å². The van der Waals surface area contributed by atoms with Crippen molar-refractivity contribution in [3.05, 3.63) is 78.2 Å². The number of pyridine rings is 2. The highest BCUT2D eigenvalue weighted by Gasteiger charge is 2.17. The number of aromatic nitrogens is 2. The Bertz CT molecular complexity index is 1280. The summed E-state index contributed by atoms with van der Waals surface area (Å²) < 4.78 is 18.0. The van der Waals surface area contributed by atoms with Crippen LogP contribution in [0, 0.1) is 5.82 Å². The molecule has 0 N–H and O–H groups in total. The van der Waals surface area contributed by atoms with Gasteiger partial charge < -0.3 is 0 Å². The normalized spacial score (nSPS) is 11.9. The van der Waals surface area contributed by atoms with Crippen molar-refractivity contribution in [3.8, 4) is 0 Å². The molecule has 0 spiro atoms. The Kier molecular flexibility index (Phi) is 3.42. The minimum atomic E-state index is -0.203. The summed E-state index contributed by atoms with van der Waals surface area (Å²) in [5, 5.41) is 2.16. The summed E-state index contributed by atoms with van der Waals surface area (Å²) >= 11 is 0. The second-order valence-corrected chi connectivity index (χ2v) is 6.98. The number of imidazole rings is 1. The van der Waals surface area contributed by atoms with Gasteiger partial charge in [0.2, 0.25) is 0 Å². The van der Waals surface area contributed by atoms with Crippen molar-refractivity contribution in [3.63, 3.8) is 0 Å². The van der Waals surface area contributed by atoms with Crippen molar-refractivity contribution in [2.45, 2.75) is 26.2 Å². The quantitative estimate of drug-likeness (QED) is 0.384. The molecule has 0 bridgehead atoms. The summed E-state index contributed by atoms with van der Waals surface area (Å²) in [6.45, 7) is 2.23. The predicted molar refractivity (Wildman–Crippen MR) is 104 cm³/mol. The van der Waals surface area contributed by atoms with E-state index in [9.17, 15) is 4.39 Å². The van der Waals surface area contributed by atoms with Crippen LogP contribution in [0.5, 0.6) is 0 Å². The zero-order valence-electron chi connectivity index (χ0n) is 14.7. The first-order chi connectivity index (χ1) is 12.7. The molecule has 26 heavy (non-hydrogen) atoms. The van der Waals surface area contributed by atoms with Crippen molar-refractivity contribution in [2.24, 2.45) is 0 Å². The molecule has 2 aromatic carbocycles. The van der Waals surface area contributed by atoms with E-state index in [4.69, 9.17) is 0 Å². The molecule has 0 radical (unpaired) electrons. The lowest BCUT2D eigenvalue weighted by molar-refractivity contribution is -0.479. The van der Waals surface area contributed by atoms with Crippen LogP contribution >= 0.6 is 0 Å². The minimum absolute atomic E-state index is 0.203. The molecule has 3 heterocycles. The Hall–Kier alpha value is -2.94. The smallest absolute Gasteiger partial charge is 0.207 e. The van der Waals surface area contributed by atoms with E-state index in [1.807, 2.05) is 12.1 Å². The molecule has 3 aromatic heterocycles. The Morgan fingerprint density at radius 2 is 1.81 bits per heavy atom. The number of rotatable bonds is 3. The van der Waals surface area contributed by atoms with Crippen LogP contribution in [0.15, 0.2) is 66.9 Å². The summed E-state index contributed by atoms with van der Waals surface area (Å²) in [6.07, 6.45) is 5.68. The molecular formula is C23H20FN2+. The van der Waals surface area contributed by atoms with E-state index in [0.717, 1.165) is 28.5 Å². The number of nitrogens with zero attached hydrogens (tertiary/aromatic N) is 2. The van der Waals surface area contributed by atoms with Crippen LogP contribution in [0.3, 0.4) is 0 Å². The van der Waals surface area contributed by atoms with Gasteiger partial charge in [-0.05, 0) is 66.9 Å². The molecule has 5 rings (SSSR count). The number of unbranched alkanes of at least 4 members (excludes halogenated alkanes) is 1. The molecule has 0 amide bonds. The first-order valence-electron chi connectivity index (χ1n) is 9.21. The number of benzene rings is 2. The zero-order valence-corrected chi connectivity index (χ0v) is 14.7. The Labute approximate surface area is 151 Å². The van der Waals surface area contributed by atoms with Crippen molar-refractivity contribution in [1.82, 2.24) is 4.40 Å². The fraction of sp³-hybridized carbons (Fsp3) is 0.174. The number of fused-ring (bicyclic) bond motifs is 7. The van der Waals surface area contributed by atoms with E-state index in [1.54, 1.807) is 6.07 Å². The zero-order chi connectivity index (χ0) is 17.7. The Balaban J connectivity index is 1.82. The highest BCUT2D eigenvalue weighted by atomic mass is 19.1. The molecule has 0 saturated heterocycles. The fourth-order valence-electron chi connectivity index (χ4n) is 3.92. The molecule has 0 saturated carbocycles. The molecule has 5 aromatic rings. The number of hydrogen-bond donors (Lipinski definition) is 0. The van der Waals surface area contributed by atoms with Crippen LogP contribution in [0.4, 0.5) is 4.39 Å². The first-order valence-corrected chi connectivity index (χ1v) is 9.21. The Morgan fingerprint density at radius 3 is 2.69 bits per heavy atom. The van der Waals surface area contributed by atoms with Crippen LogP contribution in [-0.4, -0.2) is 4.40 Å². The molecule has 3 heteroatoms. The van der Waals surface area contributed by atoms with Crippen LogP contribution in [-0.2, 0) is 6.42 Å². The number of halogens is 1. The maximum absolute atomic E-state index is 13.6. The third kappa shape index (κ3) is 2.27. The van der Waals surface area contributed by atoms with Gasteiger partial charge in [-0.15, -0.1) is 0 Å². The van der Waals surface area contributed by atoms with Crippen LogP contribution < -0.4 is 4.40 Å². The molecule has 0 aliphatic rings. The number of hydrogen-bond acceptors (Lipinski definition) is 0. The van der Waals surface area contributed by atoms with E-state index in [0.29, 0.717) is 0 Å². The topological polar surface area (TPSA) is 8.51 Å². The maximum Gasteiger partial charge on any atom is 0.292 e. The van der Waals surface area contributed by atoms with Crippen LogP contribution in [0.2, 0.25) is 0 Å². The van der Waals surface area contributed by atoms with E-state index >= 15 is 0 Å². The van der Waals surface area contributed by atoms with Gasteiger partial charge in [-0.2, -0.15) is 8.80 Å². The predicted octanol–water partition coefficient (Wildman–Crippen LogP) is 5.47. The summed E-state index contributed by atoms with van der Waals surface area (Å²) in [5.74, 6) is -0.203. The fourth-order valence-corrected chi connectivity index (χ4v) is 3.92. The summed E-state index contributed by atoms with van der Waals surface area (Å²) in [4.78, 5) is 0. The highest BCUT2D eigenvalue weighted by Crippen LogP contribution is 2.23. The standard InChI is InChI=1S/C23H20FN2/c1-2-3-4-16-5-10-22-17(13-16)6-9-20-15-25-21-11-8-19(24)14-18(21)7-12-23(25)26(20)22/h5-15H,2-4H2,1H3/q+1.